The van der Waals surface area contributed by atoms with Gasteiger partial charge < -0.3 is 15.1 Å². The van der Waals surface area contributed by atoms with Crippen molar-refractivity contribution in [1.82, 2.24) is 14.7 Å². The van der Waals surface area contributed by atoms with Gasteiger partial charge in [-0.25, -0.2) is 18.0 Å². The third kappa shape index (κ3) is 9.39. The van der Waals surface area contributed by atoms with Gasteiger partial charge in [0.1, 0.15) is 17.5 Å². The van der Waals surface area contributed by atoms with Crippen molar-refractivity contribution in [2.75, 3.05) is 44.6 Å². The molecular formula is C28H37F3N4O2. The lowest BCUT2D eigenvalue weighted by molar-refractivity contribution is -0.132. The number of benzene rings is 2. The minimum Gasteiger partial charge on any atom is -0.337 e. The highest BCUT2D eigenvalue weighted by molar-refractivity contribution is 5.89. The highest BCUT2D eigenvalue weighted by atomic mass is 19.1. The van der Waals surface area contributed by atoms with Crippen LogP contribution in [-0.2, 0) is 11.3 Å². The van der Waals surface area contributed by atoms with Gasteiger partial charge in [0.15, 0.2) is 0 Å². The molecule has 0 spiro atoms. The Bertz CT molecular complexity index is 1010. The van der Waals surface area contributed by atoms with Gasteiger partial charge in [-0.15, -0.1) is 0 Å². The average Bonchev–Trinajstić information content (AvgIpc) is 2.89. The summed E-state index contributed by atoms with van der Waals surface area (Å²) in [4.78, 5) is 31.1. The highest BCUT2D eigenvalue weighted by Gasteiger charge is 2.23. The number of nitrogens with zero attached hydrogens (tertiary/aromatic N) is 3. The SMILES string of the molecule is CCCCCCCC(=O)N(CCN1CCN(C(=O)Nc2ccc(F)cc2F)CC1)Cc1ccc(F)cc1. The Hall–Kier alpha value is -3.07. The lowest BCUT2D eigenvalue weighted by atomic mass is 10.1. The first kappa shape index (κ1) is 28.5. The zero-order valence-electron chi connectivity index (χ0n) is 21.5. The predicted octanol–water partition coefficient (Wildman–Crippen LogP) is 5.64. The van der Waals surface area contributed by atoms with Gasteiger partial charge in [0.25, 0.3) is 0 Å². The van der Waals surface area contributed by atoms with Crippen molar-refractivity contribution in [3.63, 3.8) is 0 Å². The Morgan fingerprint density at radius 2 is 1.57 bits per heavy atom. The minimum atomic E-state index is -0.816. The molecule has 1 aliphatic rings. The first-order chi connectivity index (χ1) is 17.9. The van der Waals surface area contributed by atoms with Crippen LogP contribution in [0.4, 0.5) is 23.7 Å². The lowest BCUT2D eigenvalue weighted by Crippen LogP contribution is -2.51. The molecule has 1 fully saturated rings. The quantitative estimate of drug-likeness (QED) is 0.370. The molecule has 2 aromatic rings. The van der Waals surface area contributed by atoms with Crippen molar-refractivity contribution in [1.29, 1.82) is 0 Å². The molecule has 3 rings (SSSR count). The van der Waals surface area contributed by atoms with Gasteiger partial charge in [-0.3, -0.25) is 9.69 Å². The zero-order valence-corrected chi connectivity index (χ0v) is 21.5. The van der Waals surface area contributed by atoms with E-state index in [1.54, 1.807) is 17.0 Å². The Labute approximate surface area is 217 Å². The van der Waals surface area contributed by atoms with Crippen LogP contribution in [0, 0.1) is 17.5 Å². The molecule has 37 heavy (non-hydrogen) atoms. The van der Waals surface area contributed by atoms with Gasteiger partial charge in [0.05, 0.1) is 5.69 Å². The predicted molar refractivity (Wildman–Crippen MR) is 139 cm³/mol. The van der Waals surface area contributed by atoms with E-state index in [0.717, 1.165) is 43.4 Å². The number of hydrogen-bond acceptors (Lipinski definition) is 3. The minimum absolute atomic E-state index is 0.0570. The maximum Gasteiger partial charge on any atom is 0.322 e. The molecule has 0 aromatic heterocycles. The summed E-state index contributed by atoms with van der Waals surface area (Å²) in [7, 11) is 0. The first-order valence-corrected chi connectivity index (χ1v) is 13.1. The van der Waals surface area contributed by atoms with E-state index in [1.807, 2.05) is 4.90 Å². The molecule has 9 heteroatoms. The van der Waals surface area contributed by atoms with Crippen molar-refractivity contribution in [3.8, 4) is 0 Å². The largest absolute Gasteiger partial charge is 0.337 e. The standard InChI is InChI=1S/C28H37F3N4O2/c1-2-3-4-5-6-7-27(36)35(21-22-8-10-23(29)11-9-22)19-16-33-14-17-34(18-15-33)28(37)32-26-13-12-24(30)20-25(26)31/h8-13,20H,2-7,14-19,21H2,1H3,(H,32,37). The fourth-order valence-electron chi connectivity index (χ4n) is 4.36. The fraction of sp³-hybridized carbons (Fsp3) is 0.500. The molecular weight excluding hydrogens is 481 g/mol. The molecule has 6 nitrogen and oxygen atoms in total. The van der Waals surface area contributed by atoms with E-state index in [4.69, 9.17) is 0 Å². The van der Waals surface area contributed by atoms with Gasteiger partial charge in [-0.2, -0.15) is 0 Å². The summed E-state index contributed by atoms with van der Waals surface area (Å²) in [6, 6.07) is 8.83. The van der Waals surface area contributed by atoms with Crippen molar-refractivity contribution >= 4 is 17.6 Å². The zero-order chi connectivity index (χ0) is 26.6. The van der Waals surface area contributed by atoms with E-state index in [9.17, 15) is 22.8 Å². The molecule has 1 saturated heterocycles. The summed E-state index contributed by atoms with van der Waals surface area (Å²) in [5, 5.41) is 2.50. The second-order valence-corrected chi connectivity index (χ2v) is 9.49. The smallest absolute Gasteiger partial charge is 0.322 e. The maximum absolute atomic E-state index is 13.9. The van der Waals surface area contributed by atoms with Crippen molar-refractivity contribution in [3.05, 3.63) is 65.5 Å². The number of amides is 3. The number of urea groups is 1. The molecule has 0 bridgehead atoms. The molecule has 202 valence electrons. The van der Waals surface area contributed by atoms with E-state index in [-0.39, 0.29) is 17.4 Å². The van der Waals surface area contributed by atoms with E-state index < -0.39 is 17.7 Å². The molecule has 0 unspecified atom stereocenters. The second kappa shape index (κ2) is 14.6. The second-order valence-electron chi connectivity index (χ2n) is 9.49. The lowest BCUT2D eigenvalue weighted by Gasteiger charge is -2.36. The topological polar surface area (TPSA) is 55.9 Å². The number of carbonyl (C=O) groups excluding carboxylic acids is 2. The number of piperazine rings is 1. The number of hydrogen-bond donors (Lipinski definition) is 1. The molecule has 1 aliphatic heterocycles. The Balaban J connectivity index is 1.48. The van der Waals surface area contributed by atoms with Crippen LogP contribution in [0.1, 0.15) is 51.0 Å². The van der Waals surface area contributed by atoms with Gasteiger partial charge in [0, 0.05) is 58.3 Å². The summed E-state index contributed by atoms with van der Waals surface area (Å²) >= 11 is 0. The number of halogens is 3. The summed E-state index contributed by atoms with van der Waals surface area (Å²) in [5.74, 6) is -1.72. The number of anilines is 1. The molecule has 1 heterocycles. The Kier molecular flexibility index (Phi) is 11.3. The molecule has 0 saturated carbocycles. The van der Waals surface area contributed by atoms with Crippen LogP contribution >= 0.6 is 0 Å². The number of carbonyl (C=O) groups is 2. The summed E-state index contributed by atoms with van der Waals surface area (Å²) < 4.78 is 40.3. The van der Waals surface area contributed by atoms with Crippen LogP contribution in [-0.4, -0.2) is 65.9 Å². The first-order valence-electron chi connectivity index (χ1n) is 13.1. The molecule has 2 aromatic carbocycles. The monoisotopic (exact) mass is 518 g/mol. The van der Waals surface area contributed by atoms with Crippen LogP contribution in [0.5, 0.6) is 0 Å². The maximum atomic E-state index is 13.9. The third-order valence-electron chi connectivity index (χ3n) is 6.65. The van der Waals surface area contributed by atoms with Gasteiger partial charge in [-0.1, -0.05) is 44.7 Å². The summed E-state index contributed by atoms with van der Waals surface area (Å²) in [6.45, 7) is 5.94. The van der Waals surface area contributed by atoms with E-state index >= 15 is 0 Å². The van der Waals surface area contributed by atoms with Crippen LogP contribution in [0.2, 0.25) is 0 Å². The van der Waals surface area contributed by atoms with E-state index in [2.05, 4.69) is 17.1 Å². The van der Waals surface area contributed by atoms with Crippen molar-refractivity contribution in [2.45, 2.75) is 52.0 Å². The van der Waals surface area contributed by atoms with Crippen LogP contribution in [0.3, 0.4) is 0 Å². The average molecular weight is 519 g/mol. The Morgan fingerprint density at radius 1 is 0.892 bits per heavy atom. The van der Waals surface area contributed by atoms with Crippen molar-refractivity contribution < 1.29 is 22.8 Å². The fourth-order valence-corrected chi connectivity index (χ4v) is 4.36. The Morgan fingerprint density at radius 3 is 2.24 bits per heavy atom. The number of rotatable bonds is 12. The number of nitrogens with one attached hydrogen (secondary N) is 1. The van der Waals surface area contributed by atoms with Gasteiger partial charge in [-0.05, 0) is 36.2 Å². The third-order valence-corrected chi connectivity index (χ3v) is 6.65. The van der Waals surface area contributed by atoms with Crippen LogP contribution in [0.25, 0.3) is 0 Å². The number of unbranched alkanes of at least 4 members (excludes halogenated alkanes) is 4. The molecule has 0 atom stereocenters. The van der Waals surface area contributed by atoms with Crippen LogP contribution in [0.15, 0.2) is 42.5 Å². The highest BCUT2D eigenvalue weighted by Crippen LogP contribution is 2.16. The van der Waals surface area contributed by atoms with Crippen molar-refractivity contribution in [2.24, 2.45) is 0 Å². The van der Waals surface area contributed by atoms with Crippen LogP contribution < -0.4 is 5.32 Å². The normalized spacial score (nSPS) is 14.0. The van der Waals surface area contributed by atoms with Gasteiger partial charge in [0.2, 0.25) is 5.91 Å². The van der Waals surface area contributed by atoms with E-state index in [0.29, 0.717) is 52.2 Å². The van der Waals surface area contributed by atoms with Gasteiger partial charge >= 0.3 is 6.03 Å². The molecule has 3 amide bonds. The molecule has 0 radical (unpaired) electrons. The molecule has 0 aliphatic carbocycles. The summed E-state index contributed by atoms with van der Waals surface area (Å²) in [6.07, 6.45) is 5.86. The summed E-state index contributed by atoms with van der Waals surface area (Å²) in [5.41, 5.74) is 0.828. The van der Waals surface area contributed by atoms with E-state index in [1.165, 1.54) is 24.6 Å². The molecule has 1 N–H and O–H groups in total.